The van der Waals surface area contributed by atoms with Gasteiger partial charge in [0.05, 0.1) is 17.5 Å². The van der Waals surface area contributed by atoms with Crippen LogP contribution in [0, 0.1) is 6.92 Å². The number of para-hydroxylation sites is 1. The molecule has 2 N–H and O–H groups in total. The second-order valence-electron chi connectivity index (χ2n) is 6.03. The van der Waals surface area contributed by atoms with Gasteiger partial charge in [0.15, 0.2) is 0 Å². The predicted octanol–water partition coefficient (Wildman–Crippen LogP) is 2.75. The number of benzene rings is 1. The number of aryl methyl sites for hydroxylation is 1. The Balaban J connectivity index is 1.63. The van der Waals surface area contributed by atoms with Gasteiger partial charge < -0.3 is 19.7 Å². The van der Waals surface area contributed by atoms with Crippen molar-refractivity contribution in [3.05, 3.63) is 47.4 Å². The molecular weight excluding hydrogens is 356 g/mol. The van der Waals surface area contributed by atoms with E-state index in [1.165, 1.54) is 22.7 Å². The van der Waals surface area contributed by atoms with Crippen LogP contribution in [0.5, 0.6) is 0 Å². The molecule has 0 aliphatic carbocycles. The molecule has 0 saturated heterocycles. The number of fused-ring (bicyclic) bond motifs is 1. The van der Waals surface area contributed by atoms with E-state index >= 15 is 0 Å². The minimum Gasteiger partial charge on any atom is -0.478 e. The minimum absolute atomic E-state index is 0.0484. The third-order valence-corrected chi connectivity index (χ3v) is 5.36. The molecule has 2 amide bonds. The number of aromatic carboxylic acids is 1. The van der Waals surface area contributed by atoms with Crippen LogP contribution in [0.3, 0.4) is 0 Å². The van der Waals surface area contributed by atoms with E-state index in [0.717, 1.165) is 10.6 Å². The first-order chi connectivity index (χ1) is 12.3. The highest BCUT2D eigenvalue weighted by atomic mass is 32.2. The van der Waals surface area contributed by atoms with E-state index in [0.29, 0.717) is 11.5 Å². The number of nitrogens with one attached hydrogen (secondary N) is 1. The Labute approximate surface area is 154 Å². The molecule has 1 atom stereocenters. The number of amides is 2. The lowest BCUT2D eigenvalue weighted by Crippen LogP contribution is -2.35. The second-order valence-corrected chi connectivity index (χ2v) is 7.28. The van der Waals surface area contributed by atoms with Crippen molar-refractivity contribution in [2.45, 2.75) is 30.0 Å². The Kier molecular flexibility index (Phi) is 5.03. The maximum Gasteiger partial charge on any atom is 0.339 e. The zero-order valence-electron chi connectivity index (χ0n) is 14.3. The zero-order chi connectivity index (χ0) is 18.8. The van der Waals surface area contributed by atoms with Gasteiger partial charge in [-0.15, -0.1) is 11.8 Å². The smallest absolute Gasteiger partial charge is 0.339 e. The minimum atomic E-state index is -1.07. The van der Waals surface area contributed by atoms with Crippen LogP contribution in [0.2, 0.25) is 0 Å². The van der Waals surface area contributed by atoms with Gasteiger partial charge in [-0.2, -0.15) is 0 Å². The standard InChI is InChI=1S/C18H18N2O5S/c1-10-12(18(23)24)7-11(25-10)9-20(2)16(21)8-15-17(22)19-13-5-3-4-6-14(13)26-15/h3-7,15H,8-9H2,1-2H3,(H,19,22)(H,23,24)/t15-/m1/s1. The Hall–Kier alpha value is -2.74. The molecule has 1 aromatic heterocycles. The van der Waals surface area contributed by atoms with E-state index in [2.05, 4.69) is 5.32 Å². The molecule has 136 valence electrons. The Bertz CT molecular complexity index is 876. The van der Waals surface area contributed by atoms with Crippen molar-refractivity contribution in [3.8, 4) is 0 Å². The van der Waals surface area contributed by atoms with Crippen LogP contribution in [-0.2, 0) is 16.1 Å². The molecule has 2 aromatic rings. The first kappa shape index (κ1) is 18.1. The van der Waals surface area contributed by atoms with Crippen LogP contribution in [0.4, 0.5) is 5.69 Å². The summed E-state index contributed by atoms with van der Waals surface area (Å²) >= 11 is 1.37. The van der Waals surface area contributed by atoms with Crippen molar-refractivity contribution in [1.82, 2.24) is 4.90 Å². The summed E-state index contributed by atoms with van der Waals surface area (Å²) < 4.78 is 5.40. The maximum absolute atomic E-state index is 12.5. The quantitative estimate of drug-likeness (QED) is 0.835. The number of rotatable bonds is 5. The number of anilines is 1. The summed E-state index contributed by atoms with van der Waals surface area (Å²) in [5.74, 6) is -0.796. The van der Waals surface area contributed by atoms with Crippen molar-refractivity contribution >= 4 is 35.2 Å². The Morgan fingerprint density at radius 2 is 2.08 bits per heavy atom. The third kappa shape index (κ3) is 3.75. The van der Waals surface area contributed by atoms with Crippen molar-refractivity contribution in [2.75, 3.05) is 12.4 Å². The summed E-state index contributed by atoms with van der Waals surface area (Å²) in [7, 11) is 1.60. The summed E-state index contributed by atoms with van der Waals surface area (Å²) in [4.78, 5) is 38.1. The van der Waals surface area contributed by atoms with Crippen LogP contribution in [0.15, 0.2) is 39.6 Å². The molecule has 0 radical (unpaired) electrons. The zero-order valence-corrected chi connectivity index (χ0v) is 15.1. The van der Waals surface area contributed by atoms with Gasteiger partial charge in [0, 0.05) is 18.4 Å². The first-order valence-corrected chi connectivity index (χ1v) is 8.86. The summed E-state index contributed by atoms with van der Waals surface area (Å²) in [5.41, 5.74) is 0.839. The number of carboxylic acid groups (broad SMARTS) is 1. The molecule has 0 fully saturated rings. The molecule has 0 saturated carbocycles. The van der Waals surface area contributed by atoms with Crippen molar-refractivity contribution in [1.29, 1.82) is 0 Å². The molecule has 8 heteroatoms. The van der Waals surface area contributed by atoms with E-state index in [1.807, 2.05) is 24.3 Å². The molecule has 0 bridgehead atoms. The average Bonchev–Trinajstić information content (AvgIpc) is 2.96. The second kappa shape index (κ2) is 7.25. The van der Waals surface area contributed by atoms with Crippen molar-refractivity contribution < 1.29 is 23.9 Å². The maximum atomic E-state index is 12.5. The molecule has 3 rings (SSSR count). The van der Waals surface area contributed by atoms with Gasteiger partial charge >= 0.3 is 5.97 Å². The molecule has 1 aromatic carbocycles. The molecular formula is C18H18N2O5S. The monoisotopic (exact) mass is 374 g/mol. The molecule has 2 heterocycles. The summed E-state index contributed by atoms with van der Waals surface area (Å²) in [6.45, 7) is 1.71. The number of carboxylic acids is 1. The van der Waals surface area contributed by atoms with Gasteiger partial charge in [-0.1, -0.05) is 12.1 Å². The predicted molar refractivity (Wildman–Crippen MR) is 96.2 cm³/mol. The van der Waals surface area contributed by atoms with Crippen LogP contribution < -0.4 is 5.32 Å². The fraction of sp³-hybridized carbons (Fsp3) is 0.278. The summed E-state index contributed by atoms with van der Waals surface area (Å²) in [6.07, 6.45) is 0.0484. The number of thioether (sulfide) groups is 1. The fourth-order valence-electron chi connectivity index (χ4n) is 2.70. The van der Waals surface area contributed by atoms with E-state index in [1.54, 1.807) is 14.0 Å². The van der Waals surface area contributed by atoms with Gasteiger partial charge in [0.1, 0.15) is 17.1 Å². The Morgan fingerprint density at radius 1 is 1.35 bits per heavy atom. The van der Waals surface area contributed by atoms with E-state index in [4.69, 9.17) is 9.52 Å². The van der Waals surface area contributed by atoms with E-state index < -0.39 is 11.2 Å². The van der Waals surface area contributed by atoms with Crippen LogP contribution in [-0.4, -0.2) is 40.1 Å². The normalized spacial score (nSPS) is 15.9. The number of hydrogen-bond acceptors (Lipinski definition) is 5. The summed E-state index contributed by atoms with van der Waals surface area (Å²) in [6, 6.07) is 8.87. The lowest BCUT2D eigenvalue weighted by Gasteiger charge is -2.25. The van der Waals surface area contributed by atoms with Gasteiger partial charge in [-0.25, -0.2) is 4.79 Å². The number of nitrogens with zero attached hydrogens (tertiary/aromatic N) is 1. The highest BCUT2D eigenvalue weighted by Crippen LogP contribution is 2.36. The van der Waals surface area contributed by atoms with Crippen molar-refractivity contribution in [3.63, 3.8) is 0 Å². The fourth-order valence-corrected chi connectivity index (χ4v) is 3.80. The lowest BCUT2D eigenvalue weighted by atomic mass is 10.2. The SMILES string of the molecule is Cc1oc(CN(C)C(=O)C[C@H]2Sc3ccccc3NC2=O)cc1C(=O)O. The lowest BCUT2D eigenvalue weighted by molar-refractivity contribution is -0.132. The highest BCUT2D eigenvalue weighted by molar-refractivity contribution is 8.01. The number of hydrogen-bond donors (Lipinski definition) is 2. The van der Waals surface area contributed by atoms with Gasteiger partial charge in [0.25, 0.3) is 0 Å². The molecule has 0 unspecified atom stereocenters. The van der Waals surface area contributed by atoms with Crippen LogP contribution in [0.1, 0.15) is 28.3 Å². The number of carbonyl (C=O) groups excluding carboxylic acids is 2. The topological polar surface area (TPSA) is 99.9 Å². The third-order valence-electron chi connectivity index (χ3n) is 4.08. The van der Waals surface area contributed by atoms with Gasteiger partial charge in [-0.3, -0.25) is 9.59 Å². The number of furan rings is 1. The molecule has 1 aliphatic rings. The van der Waals surface area contributed by atoms with Crippen LogP contribution >= 0.6 is 11.8 Å². The highest BCUT2D eigenvalue weighted by Gasteiger charge is 2.30. The largest absolute Gasteiger partial charge is 0.478 e. The van der Waals surface area contributed by atoms with Crippen molar-refractivity contribution in [2.24, 2.45) is 0 Å². The van der Waals surface area contributed by atoms with Gasteiger partial charge in [-0.05, 0) is 25.1 Å². The molecule has 7 nitrogen and oxygen atoms in total. The van der Waals surface area contributed by atoms with Gasteiger partial charge in [0.2, 0.25) is 11.8 Å². The first-order valence-electron chi connectivity index (χ1n) is 7.98. The summed E-state index contributed by atoms with van der Waals surface area (Å²) in [5, 5.41) is 11.4. The number of carbonyl (C=O) groups is 3. The van der Waals surface area contributed by atoms with Crippen LogP contribution in [0.25, 0.3) is 0 Å². The Morgan fingerprint density at radius 3 is 2.77 bits per heavy atom. The van der Waals surface area contributed by atoms with E-state index in [-0.39, 0.29) is 30.3 Å². The molecule has 26 heavy (non-hydrogen) atoms. The average molecular weight is 374 g/mol. The van der Waals surface area contributed by atoms with E-state index in [9.17, 15) is 14.4 Å². The molecule has 1 aliphatic heterocycles. The molecule has 0 spiro atoms.